The zero-order valence-electron chi connectivity index (χ0n) is 10.4. The summed E-state index contributed by atoms with van der Waals surface area (Å²) in [5, 5.41) is 18.2. The molecule has 1 aromatic rings. The van der Waals surface area contributed by atoms with E-state index in [-0.39, 0.29) is 17.6 Å². The first-order valence-corrected chi connectivity index (χ1v) is 6.10. The Kier molecular flexibility index (Phi) is 3.52. The maximum Gasteiger partial charge on any atom is 0.254 e. The van der Waals surface area contributed by atoms with Gasteiger partial charge in [0.1, 0.15) is 5.75 Å². The van der Waals surface area contributed by atoms with Gasteiger partial charge in [-0.05, 0) is 43.5 Å². The summed E-state index contributed by atoms with van der Waals surface area (Å²) in [4.78, 5) is 14.1. The highest BCUT2D eigenvalue weighted by Crippen LogP contribution is 2.21. The highest BCUT2D eigenvalue weighted by molar-refractivity contribution is 5.95. The van der Waals surface area contributed by atoms with E-state index in [1.54, 1.807) is 17.0 Å². The van der Waals surface area contributed by atoms with E-state index in [1.807, 2.05) is 6.92 Å². The van der Waals surface area contributed by atoms with Crippen LogP contribution in [-0.2, 0) is 0 Å². The van der Waals surface area contributed by atoms with Crippen LogP contribution in [0.15, 0.2) is 18.2 Å². The lowest BCUT2D eigenvalue weighted by molar-refractivity contribution is 0.0706. The van der Waals surface area contributed by atoms with E-state index in [2.05, 4.69) is 6.07 Å². The first-order valence-electron chi connectivity index (χ1n) is 6.10. The predicted octanol–water partition coefficient (Wildman–Crippen LogP) is 2.08. The van der Waals surface area contributed by atoms with Gasteiger partial charge in [0, 0.05) is 24.6 Å². The molecule has 0 aliphatic carbocycles. The van der Waals surface area contributed by atoms with Crippen LogP contribution in [0.1, 0.15) is 28.8 Å². The maximum absolute atomic E-state index is 12.3. The first-order chi connectivity index (χ1) is 8.61. The molecule has 4 nitrogen and oxygen atoms in total. The van der Waals surface area contributed by atoms with Gasteiger partial charge in [-0.3, -0.25) is 4.79 Å². The minimum absolute atomic E-state index is 0.0103. The van der Waals surface area contributed by atoms with Crippen molar-refractivity contribution < 1.29 is 9.90 Å². The lowest BCUT2D eigenvalue weighted by Gasteiger charge is -2.29. The molecule has 1 aliphatic heterocycles. The summed E-state index contributed by atoms with van der Waals surface area (Å²) >= 11 is 0. The number of likely N-dealkylation sites (tertiary alicyclic amines) is 1. The highest BCUT2D eigenvalue weighted by Gasteiger charge is 2.24. The van der Waals surface area contributed by atoms with Gasteiger partial charge in [0.15, 0.2) is 0 Å². The number of hydrogen-bond acceptors (Lipinski definition) is 3. The van der Waals surface area contributed by atoms with Gasteiger partial charge in [0.05, 0.1) is 6.07 Å². The SMILES string of the molecule is Cc1cc(O)ccc1C(=O)N1CCC(C#N)CC1. The van der Waals surface area contributed by atoms with Crippen LogP contribution in [0.2, 0.25) is 0 Å². The van der Waals surface area contributed by atoms with Crippen molar-refractivity contribution in [3.8, 4) is 11.8 Å². The number of hydrogen-bond donors (Lipinski definition) is 1. The molecule has 0 atom stereocenters. The normalized spacial score (nSPS) is 16.3. The van der Waals surface area contributed by atoms with Crippen LogP contribution < -0.4 is 0 Å². The first kappa shape index (κ1) is 12.4. The number of piperidine rings is 1. The molecule has 0 bridgehead atoms. The number of benzene rings is 1. The molecule has 94 valence electrons. The number of phenols is 1. The van der Waals surface area contributed by atoms with Gasteiger partial charge in [0.2, 0.25) is 0 Å². The number of aromatic hydroxyl groups is 1. The van der Waals surface area contributed by atoms with Gasteiger partial charge < -0.3 is 10.0 Å². The van der Waals surface area contributed by atoms with E-state index in [0.717, 1.165) is 18.4 Å². The van der Waals surface area contributed by atoms with Crippen LogP contribution in [0.3, 0.4) is 0 Å². The summed E-state index contributed by atoms with van der Waals surface area (Å²) in [6.45, 7) is 3.09. The van der Waals surface area contributed by atoms with Gasteiger partial charge in [-0.25, -0.2) is 0 Å². The summed E-state index contributed by atoms with van der Waals surface area (Å²) < 4.78 is 0. The number of rotatable bonds is 1. The third-order valence-corrected chi connectivity index (χ3v) is 3.41. The second-order valence-corrected chi connectivity index (χ2v) is 4.69. The Hall–Kier alpha value is -2.02. The Morgan fingerprint density at radius 1 is 1.44 bits per heavy atom. The number of carbonyl (C=O) groups excluding carboxylic acids is 1. The number of amides is 1. The van der Waals surface area contributed by atoms with Crippen molar-refractivity contribution in [3.05, 3.63) is 29.3 Å². The molecule has 0 unspecified atom stereocenters. The van der Waals surface area contributed by atoms with E-state index in [4.69, 9.17) is 5.26 Å². The molecule has 0 saturated carbocycles. The Morgan fingerprint density at radius 2 is 2.11 bits per heavy atom. The van der Waals surface area contributed by atoms with Gasteiger partial charge in [0.25, 0.3) is 5.91 Å². The second kappa shape index (κ2) is 5.09. The Morgan fingerprint density at radius 3 is 2.67 bits per heavy atom. The maximum atomic E-state index is 12.3. The van der Waals surface area contributed by atoms with Crippen LogP contribution in [0, 0.1) is 24.2 Å². The van der Waals surface area contributed by atoms with Crippen molar-refractivity contribution in [1.29, 1.82) is 5.26 Å². The monoisotopic (exact) mass is 244 g/mol. The number of nitriles is 1. The number of phenolic OH excluding ortho intramolecular Hbond substituents is 1. The van der Waals surface area contributed by atoms with Crippen LogP contribution in [0.25, 0.3) is 0 Å². The van der Waals surface area contributed by atoms with Crippen molar-refractivity contribution in [2.24, 2.45) is 5.92 Å². The summed E-state index contributed by atoms with van der Waals surface area (Å²) in [6.07, 6.45) is 1.50. The molecule has 0 spiro atoms. The molecule has 1 aromatic carbocycles. The molecule has 1 fully saturated rings. The zero-order valence-corrected chi connectivity index (χ0v) is 10.4. The molecular formula is C14H16N2O2. The fraction of sp³-hybridized carbons (Fsp3) is 0.429. The molecule has 1 amide bonds. The van der Waals surface area contributed by atoms with Crippen LogP contribution in [-0.4, -0.2) is 29.0 Å². The minimum Gasteiger partial charge on any atom is -0.508 e. The second-order valence-electron chi connectivity index (χ2n) is 4.69. The van der Waals surface area contributed by atoms with Crippen LogP contribution >= 0.6 is 0 Å². The molecule has 1 aliphatic rings. The number of aryl methyl sites for hydroxylation is 1. The number of nitrogens with zero attached hydrogens (tertiary/aromatic N) is 2. The summed E-state index contributed by atoms with van der Waals surface area (Å²) in [6, 6.07) is 7.03. The average molecular weight is 244 g/mol. The molecule has 1 N–H and O–H groups in total. The quantitative estimate of drug-likeness (QED) is 0.822. The summed E-state index contributed by atoms with van der Waals surface area (Å²) in [7, 11) is 0. The Labute approximate surface area is 106 Å². The molecule has 18 heavy (non-hydrogen) atoms. The number of carbonyl (C=O) groups is 1. The van der Waals surface area contributed by atoms with Gasteiger partial charge in [-0.15, -0.1) is 0 Å². The smallest absolute Gasteiger partial charge is 0.254 e. The van der Waals surface area contributed by atoms with Crippen molar-refractivity contribution in [2.45, 2.75) is 19.8 Å². The molecule has 2 rings (SSSR count). The largest absolute Gasteiger partial charge is 0.508 e. The molecule has 4 heteroatoms. The lowest BCUT2D eigenvalue weighted by Crippen LogP contribution is -2.38. The molecule has 0 radical (unpaired) electrons. The predicted molar refractivity (Wildman–Crippen MR) is 67.1 cm³/mol. The van der Waals surface area contributed by atoms with Crippen molar-refractivity contribution >= 4 is 5.91 Å². The molecular weight excluding hydrogens is 228 g/mol. The third-order valence-electron chi connectivity index (χ3n) is 3.41. The lowest BCUT2D eigenvalue weighted by atomic mass is 9.97. The van der Waals surface area contributed by atoms with E-state index in [1.165, 1.54) is 6.07 Å². The molecule has 1 heterocycles. The topological polar surface area (TPSA) is 64.3 Å². The van der Waals surface area contributed by atoms with E-state index >= 15 is 0 Å². The van der Waals surface area contributed by atoms with E-state index < -0.39 is 0 Å². The van der Waals surface area contributed by atoms with Gasteiger partial charge >= 0.3 is 0 Å². The average Bonchev–Trinajstić information content (AvgIpc) is 2.38. The molecule has 0 aromatic heterocycles. The molecule has 1 saturated heterocycles. The fourth-order valence-corrected chi connectivity index (χ4v) is 2.27. The van der Waals surface area contributed by atoms with Crippen LogP contribution in [0.4, 0.5) is 0 Å². The summed E-state index contributed by atoms with van der Waals surface area (Å²) in [5.41, 5.74) is 1.41. The van der Waals surface area contributed by atoms with Crippen molar-refractivity contribution in [3.63, 3.8) is 0 Å². The van der Waals surface area contributed by atoms with Crippen molar-refractivity contribution in [2.75, 3.05) is 13.1 Å². The standard InChI is InChI=1S/C14H16N2O2/c1-10-8-12(17)2-3-13(10)14(18)16-6-4-11(9-15)5-7-16/h2-3,8,11,17H,4-7H2,1H3. The fourth-order valence-electron chi connectivity index (χ4n) is 2.27. The Bertz CT molecular complexity index is 497. The highest BCUT2D eigenvalue weighted by atomic mass is 16.3. The van der Waals surface area contributed by atoms with Crippen LogP contribution in [0.5, 0.6) is 5.75 Å². The van der Waals surface area contributed by atoms with Gasteiger partial charge in [-0.1, -0.05) is 0 Å². The van der Waals surface area contributed by atoms with E-state index in [0.29, 0.717) is 18.7 Å². The minimum atomic E-state index is -0.0103. The third kappa shape index (κ3) is 2.45. The Balaban J connectivity index is 2.11. The zero-order chi connectivity index (χ0) is 13.1. The van der Waals surface area contributed by atoms with E-state index in [9.17, 15) is 9.90 Å². The van der Waals surface area contributed by atoms with Crippen molar-refractivity contribution in [1.82, 2.24) is 4.90 Å². The summed E-state index contributed by atoms with van der Waals surface area (Å²) in [5.74, 6) is 0.242. The van der Waals surface area contributed by atoms with Gasteiger partial charge in [-0.2, -0.15) is 5.26 Å².